The van der Waals surface area contributed by atoms with Crippen LogP contribution < -0.4 is 4.74 Å². The van der Waals surface area contributed by atoms with Crippen molar-refractivity contribution in [1.29, 1.82) is 0 Å². The first-order valence-electron chi connectivity index (χ1n) is 5.62. The first-order valence-corrected chi connectivity index (χ1v) is 7.49. The second kappa shape index (κ2) is 7.19. The zero-order valence-electron chi connectivity index (χ0n) is 10.4. The normalized spacial score (nSPS) is 9.79. The third-order valence-electron chi connectivity index (χ3n) is 2.35. The molecular formula is C14H13NO2S2. The Hall–Kier alpha value is -1.48. The van der Waals surface area contributed by atoms with Crippen molar-refractivity contribution in [3.63, 3.8) is 0 Å². The zero-order valence-corrected chi connectivity index (χ0v) is 12.1. The third kappa shape index (κ3) is 4.00. The average molecular weight is 291 g/mol. The molecule has 0 amide bonds. The highest BCUT2D eigenvalue weighted by Gasteiger charge is 2.06. The predicted octanol–water partition coefficient (Wildman–Crippen LogP) is 2.79. The maximum atomic E-state index is 8.72. The lowest BCUT2D eigenvalue weighted by molar-refractivity contribution is 0.350. The molecule has 1 N–H and O–H groups in total. The molecule has 0 aliphatic carbocycles. The molecular weight excluding hydrogens is 278 g/mol. The van der Waals surface area contributed by atoms with Gasteiger partial charge in [0.1, 0.15) is 16.7 Å². The van der Waals surface area contributed by atoms with Gasteiger partial charge in [0.15, 0.2) is 0 Å². The highest BCUT2D eigenvalue weighted by Crippen LogP contribution is 2.29. The standard InChI is InChI=1S/C14H13NO2S2/c1-17-13-5-4-11(3-2-7-16)9-12(13)10-19-14-15-6-8-18-14/h4-6,8-9,16H,7,10H2,1H3. The Bertz CT molecular complexity index is 585. The van der Waals surface area contributed by atoms with Crippen molar-refractivity contribution in [1.82, 2.24) is 4.98 Å². The number of nitrogens with zero attached hydrogens (tertiary/aromatic N) is 1. The quantitative estimate of drug-likeness (QED) is 0.695. The maximum Gasteiger partial charge on any atom is 0.150 e. The summed E-state index contributed by atoms with van der Waals surface area (Å²) in [6, 6.07) is 5.78. The molecule has 19 heavy (non-hydrogen) atoms. The highest BCUT2D eigenvalue weighted by atomic mass is 32.2. The molecule has 0 saturated heterocycles. The van der Waals surface area contributed by atoms with E-state index in [0.717, 1.165) is 27.0 Å². The van der Waals surface area contributed by atoms with Gasteiger partial charge in [0.05, 0.1) is 7.11 Å². The number of methoxy groups -OCH3 is 1. The maximum absolute atomic E-state index is 8.72. The molecule has 0 aliphatic heterocycles. The third-order valence-corrected chi connectivity index (χ3v) is 4.37. The van der Waals surface area contributed by atoms with E-state index < -0.39 is 0 Å². The summed E-state index contributed by atoms with van der Waals surface area (Å²) < 4.78 is 6.38. The molecule has 3 nitrogen and oxygen atoms in total. The van der Waals surface area contributed by atoms with Crippen LogP contribution in [0.25, 0.3) is 0 Å². The summed E-state index contributed by atoms with van der Waals surface area (Å²) in [6.45, 7) is -0.130. The molecule has 0 fully saturated rings. The van der Waals surface area contributed by atoms with Gasteiger partial charge in [-0.15, -0.1) is 11.3 Å². The van der Waals surface area contributed by atoms with Crippen LogP contribution in [0.5, 0.6) is 5.75 Å². The largest absolute Gasteiger partial charge is 0.496 e. The van der Waals surface area contributed by atoms with Crippen molar-refractivity contribution >= 4 is 23.1 Å². The number of aliphatic hydroxyl groups is 1. The Labute approximate surface area is 120 Å². The molecule has 0 unspecified atom stereocenters. The van der Waals surface area contributed by atoms with Crippen LogP contribution in [0.1, 0.15) is 11.1 Å². The van der Waals surface area contributed by atoms with Gasteiger partial charge in [0, 0.05) is 28.5 Å². The van der Waals surface area contributed by atoms with Crippen molar-refractivity contribution in [2.24, 2.45) is 0 Å². The predicted molar refractivity (Wildman–Crippen MR) is 78.6 cm³/mol. The van der Waals surface area contributed by atoms with E-state index >= 15 is 0 Å². The van der Waals surface area contributed by atoms with Crippen LogP contribution in [0, 0.1) is 11.8 Å². The van der Waals surface area contributed by atoms with E-state index in [1.165, 1.54) is 0 Å². The van der Waals surface area contributed by atoms with Gasteiger partial charge in [-0.2, -0.15) is 0 Å². The number of thiazole rings is 1. The van der Waals surface area contributed by atoms with Crippen LogP contribution in [-0.4, -0.2) is 23.8 Å². The monoisotopic (exact) mass is 291 g/mol. The Balaban J connectivity index is 2.16. The summed E-state index contributed by atoms with van der Waals surface area (Å²) in [6.07, 6.45) is 1.80. The van der Waals surface area contributed by atoms with Crippen molar-refractivity contribution < 1.29 is 9.84 Å². The molecule has 0 aliphatic rings. The summed E-state index contributed by atoms with van der Waals surface area (Å²) in [5.74, 6) is 7.18. The molecule has 1 aromatic carbocycles. The van der Waals surface area contributed by atoms with Gasteiger partial charge < -0.3 is 9.84 Å². The summed E-state index contributed by atoms with van der Waals surface area (Å²) in [7, 11) is 1.66. The zero-order chi connectivity index (χ0) is 13.5. The van der Waals surface area contributed by atoms with Crippen molar-refractivity contribution in [2.45, 2.75) is 10.1 Å². The minimum absolute atomic E-state index is 0.130. The number of aliphatic hydroxyl groups excluding tert-OH is 1. The van der Waals surface area contributed by atoms with Crippen molar-refractivity contribution in [3.8, 4) is 17.6 Å². The summed E-state index contributed by atoms with van der Waals surface area (Å²) in [5.41, 5.74) is 1.96. The molecule has 98 valence electrons. The number of aromatic nitrogens is 1. The molecule has 1 heterocycles. The molecule has 0 bridgehead atoms. The van der Waals surface area contributed by atoms with Crippen molar-refractivity contribution in [2.75, 3.05) is 13.7 Å². The smallest absolute Gasteiger partial charge is 0.150 e. The lowest BCUT2D eigenvalue weighted by Crippen LogP contribution is -1.91. The minimum atomic E-state index is -0.130. The summed E-state index contributed by atoms with van der Waals surface area (Å²) in [5, 5.41) is 10.7. The fraction of sp³-hybridized carbons (Fsp3) is 0.214. The number of benzene rings is 1. The minimum Gasteiger partial charge on any atom is -0.496 e. The van der Waals surface area contributed by atoms with Crippen LogP contribution in [0.15, 0.2) is 34.1 Å². The molecule has 0 radical (unpaired) electrons. The molecule has 0 atom stereocenters. The van der Waals surface area contributed by atoms with Gasteiger partial charge in [-0.25, -0.2) is 4.98 Å². The Morgan fingerprint density at radius 2 is 2.37 bits per heavy atom. The van der Waals surface area contributed by atoms with E-state index in [0.29, 0.717) is 0 Å². The number of ether oxygens (including phenoxy) is 1. The number of hydrogen-bond acceptors (Lipinski definition) is 5. The number of thioether (sulfide) groups is 1. The Morgan fingerprint density at radius 3 is 3.05 bits per heavy atom. The second-order valence-electron chi connectivity index (χ2n) is 3.57. The van der Waals surface area contributed by atoms with Gasteiger partial charge in [-0.3, -0.25) is 0 Å². The molecule has 1 aromatic heterocycles. The van der Waals surface area contributed by atoms with Gasteiger partial charge in [-0.05, 0) is 18.2 Å². The second-order valence-corrected chi connectivity index (χ2v) is 5.69. The van der Waals surface area contributed by atoms with Gasteiger partial charge >= 0.3 is 0 Å². The van der Waals surface area contributed by atoms with Gasteiger partial charge in [-0.1, -0.05) is 23.6 Å². The van der Waals surface area contributed by atoms with E-state index in [1.54, 1.807) is 36.4 Å². The Kier molecular flexibility index (Phi) is 5.28. The highest BCUT2D eigenvalue weighted by molar-refractivity contribution is 8.00. The summed E-state index contributed by atoms with van der Waals surface area (Å²) >= 11 is 3.30. The van der Waals surface area contributed by atoms with E-state index in [9.17, 15) is 0 Å². The number of rotatable bonds is 4. The molecule has 2 aromatic rings. The van der Waals surface area contributed by atoms with E-state index in [1.807, 2.05) is 23.6 Å². The van der Waals surface area contributed by atoms with Crippen LogP contribution in [0.3, 0.4) is 0 Å². The molecule has 0 spiro atoms. The summed E-state index contributed by atoms with van der Waals surface area (Å²) in [4.78, 5) is 4.24. The SMILES string of the molecule is COc1ccc(C#CCO)cc1CSc1nccs1. The average Bonchev–Trinajstić information content (AvgIpc) is 2.96. The Morgan fingerprint density at radius 1 is 1.47 bits per heavy atom. The topological polar surface area (TPSA) is 42.4 Å². The lowest BCUT2D eigenvalue weighted by atomic mass is 10.1. The van der Waals surface area contributed by atoms with Crippen LogP contribution >= 0.6 is 23.1 Å². The van der Waals surface area contributed by atoms with Crippen LogP contribution in [-0.2, 0) is 5.75 Å². The molecule has 0 saturated carbocycles. The van der Waals surface area contributed by atoms with Crippen LogP contribution in [0.2, 0.25) is 0 Å². The van der Waals surface area contributed by atoms with E-state index in [4.69, 9.17) is 9.84 Å². The fourth-order valence-corrected chi connectivity index (χ4v) is 3.15. The molecule has 2 rings (SSSR count). The van der Waals surface area contributed by atoms with E-state index in [2.05, 4.69) is 16.8 Å². The number of hydrogen-bond donors (Lipinski definition) is 1. The van der Waals surface area contributed by atoms with Gasteiger partial charge in [0.25, 0.3) is 0 Å². The first kappa shape index (κ1) is 13.9. The van der Waals surface area contributed by atoms with E-state index in [-0.39, 0.29) is 6.61 Å². The van der Waals surface area contributed by atoms with Gasteiger partial charge in [0.2, 0.25) is 0 Å². The lowest BCUT2D eigenvalue weighted by Gasteiger charge is -2.07. The van der Waals surface area contributed by atoms with Crippen molar-refractivity contribution in [3.05, 3.63) is 40.9 Å². The molecule has 5 heteroatoms. The first-order chi connectivity index (χ1) is 9.33. The van der Waals surface area contributed by atoms with Crippen LogP contribution in [0.4, 0.5) is 0 Å². The fourth-order valence-electron chi connectivity index (χ4n) is 1.53.